The second-order valence-electron chi connectivity index (χ2n) is 4.91. The van der Waals surface area contributed by atoms with Crippen molar-refractivity contribution in [2.45, 2.75) is 52.9 Å². The molecule has 0 rings (SSSR count). The van der Waals surface area contributed by atoms with Crippen LogP contribution in [0.4, 0.5) is 0 Å². The van der Waals surface area contributed by atoms with E-state index in [1.165, 1.54) is 10.8 Å². The van der Waals surface area contributed by atoms with Crippen LogP contribution in [0.15, 0.2) is 16.5 Å². The number of aliphatic hydroxyl groups excluding tert-OH is 1. The molecule has 0 saturated carbocycles. The summed E-state index contributed by atoms with van der Waals surface area (Å²) in [6.07, 6.45) is 0.537. The largest absolute Gasteiger partial charge is 0.393 e. The molecule has 0 aliphatic rings. The highest BCUT2D eigenvalue weighted by molar-refractivity contribution is 6.83. The van der Waals surface area contributed by atoms with Gasteiger partial charge in [0, 0.05) is 0 Å². The Labute approximate surface area is 83.2 Å². The maximum absolute atomic E-state index is 9.35. The second-order valence-corrected chi connectivity index (χ2v) is 10.0. The molecule has 0 bridgehead atoms. The third kappa shape index (κ3) is 5.86. The molecular formula is C11H22OSi. The summed E-state index contributed by atoms with van der Waals surface area (Å²) in [5.74, 6) is 0. The average molecular weight is 198 g/mol. The first-order chi connectivity index (χ1) is 5.73. The summed E-state index contributed by atoms with van der Waals surface area (Å²) in [7, 11) is -1.29. The zero-order valence-electron chi connectivity index (χ0n) is 9.73. The molecule has 1 unspecified atom stereocenters. The molecule has 1 atom stereocenters. The van der Waals surface area contributed by atoms with Crippen molar-refractivity contribution in [2.75, 3.05) is 0 Å². The third-order valence-corrected chi connectivity index (χ3v) is 3.95. The van der Waals surface area contributed by atoms with Crippen LogP contribution in [0, 0.1) is 0 Å². The Hall–Kier alpha value is -0.303. The van der Waals surface area contributed by atoms with Crippen LogP contribution in [0.25, 0.3) is 0 Å². The Bertz CT molecular complexity index is 223. The first-order valence-electron chi connectivity index (χ1n) is 4.85. The van der Waals surface area contributed by atoms with Crippen molar-refractivity contribution in [1.82, 2.24) is 0 Å². The Morgan fingerprint density at radius 2 is 1.77 bits per heavy atom. The van der Waals surface area contributed by atoms with Crippen molar-refractivity contribution in [1.29, 1.82) is 0 Å². The zero-order chi connectivity index (χ0) is 10.6. The molecule has 0 aliphatic heterocycles. The minimum absolute atomic E-state index is 0.242. The molecule has 0 aliphatic carbocycles. The van der Waals surface area contributed by atoms with E-state index in [1.54, 1.807) is 0 Å². The van der Waals surface area contributed by atoms with Crippen LogP contribution in [0.3, 0.4) is 0 Å². The molecule has 0 amide bonds. The highest BCUT2D eigenvalue weighted by atomic mass is 28.3. The summed E-state index contributed by atoms with van der Waals surface area (Å²) in [6.45, 7) is 12.8. The predicted octanol–water partition coefficient (Wildman–Crippen LogP) is 3.13. The highest BCUT2D eigenvalue weighted by Gasteiger charge is 2.20. The van der Waals surface area contributed by atoms with Crippen molar-refractivity contribution < 1.29 is 5.11 Å². The summed E-state index contributed by atoms with van der Waals surface area (Å²) in [4.78, 5) is 0. The van der Waals surface area contributed by atoms with E-state index in [2.05, 4.69) is 39.2 Å². The fourth-order valence-corrected chi connectivity index (χ4v) is 2.67. The van der Waals surface area contributed by atoms with Crippen molar-refractivity contribution in [2.24, 2.45) is 0 Å². The molecule has 0 aromatic carbocycles. The van der Waals surface area contributed by atoms with Gasteiger partial charge in [-0.1, -0.05) is 19.6 Å². The van der Waals surface area contributed by atoms with Gasteiger partial charge in [0.25, 0.3) is 0 Å². The molecule has 76 valence electrons. The number of hydrogen-bond acceptors (Lipinski definition) is 1. The van der Waals surface area contributed by atoms with E-state index in [1.807, 2.05) is 6.92 Å². The van der Waals surface area contributed by atoms with Gasteiger partial charge in [-0.25, -0.2) is 0 Å². The lowest BCUT2D eigenvalue weighted by Crippen LogP contribution is -2.26. The predicted molar refractivity (Wildman–Crippen MR) is 61.5 cm³/mol. The first-order valence-corrected chi connectivity index (χ1v) is 8.35. The third-order valence-electron chi connectivity index (χ3n) is 1.81. The molecule has 0 spiro atoms. The van der Waals surface area contributed by atoms with E-state index in [0.29, 0.717) is 0 Å². The minimum Gasteiger partial charge on any atom is -0.393 e. The van der Waals surface area contributed by atoms with Gasteiger partial charge in [-0.15, -0.1) is 5.73 Å². The van der Waals surface area contributed by atoms with Gasteiger partial charge in [0.15, 0.2) is 0 Å². The Morgan fingerprint density at radius 3 is 2.00 bits per heavy atom. The Balaban J connectivity index is 4.90. The molecule has 1 nitrogen and oxygen atoms in total. The lowest BCUT2D eigenvalue weighted by Gasteiger charge is -2.20. The van der Waals surface area contributed by atoms with Crippen LogP contribution in [-0.2, 0) is 0 Å². The van der Waals surface area contributed by atoms with Gasteiger partial charge in [0.1, 0.15) is 0 Å². The van der Waals surface area contributed by atoms with E-state index in [4.69, 9.17) is 0 Å². The van der Waals surface area contributed by atoms with Crippen LogP contribution in [0.2, 0.25) is 19.6 Å². The lowest BCUT2D eigenvalue weighted by molar-refractivity contribution is 0.197. The Morgan fingerprint density at radius 1 is 1.31 bits per heavy atom. The molecule has 0 saturated heterocycles. The van der Waals surface area contributed by atoms with Gasteiger partial charge < -0.3 is 5.11 Å². The Kier molecular flexibility index (Phi) is 4.69. The van der Waals surface area contributed by atoms with Crippen molar-refractivity contribution in [3.05, 3.63) is 16.5 Å². The SMILES string of the molecule is CC(C)=C=C(CC(C)O)[Si](C)(C)C. The molecule has 0 aromatic rings. The van der Waals surface area contributed by atoms with Gasteiger partial charge in [0.2, 0.25) is 0 Å². The van der Waals surface area contributed by atoms with Crippen LogP contribution in [-0.4, -0.2) is 19.3 Å². The topological polar surface area (TPSA) is 20.2 Å². The number of aliphatic hydroxyl groups is 1. The van der Waals surface area contributed by atoms with E-state index in [0.717, 1.165) is 6.42 Å². The van der Waals surface area contributed by atoms with Crippen molar-refractivity contribution >= 4 is 8.07 Å². The van der Waals surface area contributed by atoms with E-state index >= 15 is 0 Å². The average Bonchev–Trinajstić information content (AvgIpc) is 1.81. The second kappa shape index (κ2) is 4.80. The monoisotopic (exact) mass is 198 g/mol. The van der Waals surface area contributed by atoms with Gasteiger partial charge in [-0.2, -0.15) is 0 Å². The normalized spacial score (nSPS) is 13.5. The van der Waals surface area contributed by atoms with E-state index in [-0.39, 0.29) is 6.10 Å². The molecule has 2 heteroatoms. The van der Waals surface area contributed by atoms with Crippen LogP contribution in [0.1, 0.15) is 27.2 Å². The van der Waals surface area contributed by atoms with Crippen LogP contribution >= 0.6 is 0 Å². The first kappa shape index (κ1) is 12.7. The molecule has 0 fully saturated rings. The molecule has 13 heavy (non-hydrogen) atoms. The van der Waals surface area contributed by atoms with Crippen LogP contribution in [0.5, 0.6) is 0 Å². The zero-order valence-corrected chi connectivity index (χ0v) is 10.7. The summed E-state index contributed by atoms with van der Waals surface area (Å²) >= 11 is 0. The molecule has 0 heterocycles. The quantitative estimate of drug-likeness (QED) is 0.546. The molecule has 1 N–H and O–H groups in total. The molecule has 0 radical (unpaired) electrons. The van der Waals surface area contributed by atoms with Crippen molar-refractivity contribution in [3.63, 3.8) is 0 Å². The standard InChI is InChI=1S/C11H22OSi/c1-9(2)7-11(8-10(3)12)13(4,5)6/h10,12H,8H2,1-6H3. The van der Waals surface area contributed by atoms with Crippen LogP contribution < -0.4 is 0 Å². The van der Waals surface area contributed by atoms with Crippen molar-refractivity contribution in [3.8, 4) is 0 Å². The van der Waals surface area contributed by atoms with Gasteiger partial charge in [0.05, 0.1) is 14.2 Å². The van der Waals surface area contributed by atoms with E-state index in [9.17, 15) is 5.11 Å². The lowest BCUT2D eigenvalue weighted by atomic mass is 10.2. The number of rotatable bonds is 3. The molecular weight excluding hydrogens is 176 g/mol. The summed E-state index contributed by atoms with van der Waals surface area (Å²) in [5, 5.41) is 10.7. The number of hydrogen-bond donors (Lipinski definition) is 1. The fourth-order valence-electron chi connectivity index (χ4n) is 1.14. The van der Waals surface area contributed by atoms with Gasteiger partial charge >= 0.3 is 0 Å². The minimum atomic E-state index is -1.29. The fraction of sp³-hybridized carbons (Fsp3) is 0.727. The van der Waals surface area contributed by atoms with Gasteiger partial charge in [-0.3, -0.25) is 0 Å². The summed E-state index contributed by atoms with van der Waals surface area (Å²) in [6, 6.07) is 0. The maximum atomic E-state index is 9.35. The maximum Gasteiger partial charge on any atom is 0.0824 e. The highest BCUT2D eigenvalue weighted by Crippen LogP contribution is 2.19. The smallest absolute Gasteiger partial charge is 0.0824 e. The van der Waals surface area contributed by atoms with Gasteiger partial charge in [-0.05, 0) is 38.0 Å². The molecule has 0 aromatic heterocycles. The van der Waals surface area contributed by atoms with E-state index < -0.39 is 8.07 Å². The summed E-state index contributed by atoms with van der Waals surface area (Å²) < 4.78 is 0. The summed E-state index contributed by atoms with van der Waals surface area (Å²) in [5.41, 5.74) is 4.59.